The molecular weight excluding hydrogens is 304 g/mol. The molecule has 0 saturated carbocycles. The first-order valence-corrected chi connectivity index (χ1v) is 8.58. The third-order valence-corrected chi connectivity index (χ3v) is 5.29. The number of thioether (sulfide) groups is 1. The first kappa shape index (κ1) is 14.9. The molecule has 3 saturated heterocycles. The van der Waals surface area contributed by atoms with E-state index in [4.69, 9.17) is 11.6 Å². The average molecular weight is 323 g/mol. The number of amides is 1. The quantitative estimate of drug-likeness (QED) is 0.682. The molecule has 21 heavy (non-hydrogen) atoms. The summed E-state index contributed by atoms with van der Waals surface area (Å²) in [7, 11) is 0. The molecule has 4 rings (SSSR count). The highest BCUT2D eigenvalue weighted by molar-refractivity contribution is 8.02. The molecular formula is C16H19ClN2OS. The number of piperidine rings is 3. The van der Waals surface area contributed by atoms with Crippen LogP contribution in [0.25, 0.3) is 0 Å². The van der Waals surface area contributed by atoms with Crippen molar-refractivity contribution in [2.75, 3.05) is 19.6 Å². The zero-order valence-corrected chi connectivity index (χ0v) is 13.4. The van der Waals surface area contributed by atoms with Crippen LogP contribution in [0.3, 0.4) is 0 Å². The lowest BCUT2D eigenvalue weighted by Gasteiger charge is -2.44. The van der Waals surface area contributed by atoms with E-state index in [2.05, 4.69) is 10.2 Å². The second-order valence-corrected chi connectivity index (χ2v) is 7.04. The summed E-state index contributed by atoms with van der Waals surface area (Å²) in [5.74, 6) is 0.673. The van der Waals surface area contributed by atoms with E-state index in [0.717, 1.165) is 16.5 Å². The number of rotatable bonds is 4. The van der Waals surface area contributed by atoms with Crippen molar-refractivity contribution in [1.82, 2.24) is 10.2 Å². The number of hydrogen-bond donors (Lipinski definition) is 1. The number of hydrogen-bond acceptors (Lipinski definition) is 3. The Bertz CT molecular complexity index is 524. The van der Waals surface area contributed by atoms with Crippen LogP contribution >= 0.6 is 23.4 Å². The average Bonchev–Trinajstić information content (AvgIpc) is 2.50. The van der Waals surface area contributed by atoms with E-state index >= 15 is 0 Å². The lowest BCUT2D eigenvalue weighted by atomic mass is 9.84. The molecule has 3 aliphatic heterocycles. The van der Waals surface area contributed by atoms with Crippen LogP contribution in [0.5, 0.6) is 0 Å². The van der Waals surface area contributed by atoms with Crippen LogP contribution in [0, 0.1) is 5.92 Å². The molecule has 2 bridgehead atoms. The van der Waals surface area contributed by atoms with Crippen LogP contribution in [0.4, 0.5) is 0 Å². The van der Waals surface area contributed by atoms with Gasteiger partial charge >= 0.3 is 0 Å². The van der Waals surface area contributed by atoms with Crippen LogP contribution in [0.1, 0.15) is 12.8 Å². The molecule has 112 valence electrons. The summed E-state index contributed by atoms with van der Waals surface area (Å²) in [5, 5.41) is 5.70. The van der Waals surface area contributed by atoms with E-state index in [1.807, 2.05) is 29.7 Å². The molecule has 0 aliphatic carbocycles. The summed E-state index contributed by atoms with van der Waals surface area (Å²) in [6.45, 7) is 3.40. The molecule has 3 nitrogen and oxygen atoms in total. The van der Waals surface area contributed by atoms with Gasteiger partial charge in [0, 0.05) is 28.6 Å². The number of nitrogens with zero attached hydrogens (tertiary/aromatic N) is 1. The summed E-state index contributed by atoms with van der Waals surface area (Å²) in [4.78, 5) is 15.5. The number of carbonyl (C=O) groups excluding carboxylic acids is 1. The van der Waals surface area contributed by atoms with Gasteiger partial charge in [0.2, 0.25) is 5.91 Å². The lowest BCUT2D eigenvalue weighted by Crippen LogP contribution is -2.57. The fraction of sp³-hybridized carbons (Fsp3) is 0.438. The topological polar surface area (TPSA) is 32.3 Å². The van der Waals surface area contributed by atoms with Gasteiger partial charge in [0.05, 0.1) is 0 Å². The molecule has 3 aliphatic rings. The smallest absolute Gasteiger partial charge is 0.244 e. The van der Waals surface area contributed by atoms with E-state index in [-0.39, 0.29) is 5.91 Å². The monoisotopic (exact) mass is 322 g/mol. The summed E-state index contributed by atoms with van der Waals surface area (Å²) < 4.78 is 0. The normalized spacial score (nSPS) is 28.0. The van der Waals surface area contributed by atoms with Crippen LogP contribution in [0.2, 0.25) is 5.02 Å². The first-order chi connectivity index (χ1) is 10.2. The van der Waals surface area contributed by atoms with E-state index in [1.165, 1.54) is 37.7 Å². The van der Waals surface area contributed by atoms with Gasteiger partial charge in [0.1, 0.15) is 0 Å². The zero-order chi connectivity index (χ0) is 14.7. The largest absolute Gasteiger partial charge is 0.348 e. The van der Waals surface area contributed by atoms with Crippen molar-refractivity contribution in [3.8, 4) is 0 Å². The minimum Gasteiger partial charge on any atom is -0.348 e. The summed E-state index contributed by atoms with van der Waals surface area (Å²) >= 11 is 7.36. The number of benzene rings is 1. The van der Waals surface area contributed by atoms with Gasteiger partial charge in [-0.3, -0.25) is 4.79 Å². The fourth-order valence-corrected chi connectivity index (χ4v) is 3.81. The number of carbonyl (C=O) groups is 1. The maximum atomic E-state index is 12.0. The predicted octanol–water partition coefficient (Wildman–Crippen LogP) is 3.16. The van der Waals surface area contributed by atoms with E-state index in [9.17, 15) is 4.79 Å². The molecule has 1 unspecified atom stereocenters. The van der Waals surface area contributed by atoms with Crippen LogP contribution < -0.4 is 5.32 Å². The van der Waals surface area contributed by atoms with E-state index < -0.39 is 0 Å². The molecule has 0 aromatic heterocycles. The van der Waals surface area contributed by atoms with Crippen molar-refractivity contribution in [3.05, 3.63) is 40.8 Å². The van der Waals surface area contributed by atoms with Gasteiger partial charge in [0.15, 0.2) is 0 Å². The summed E-state index contributed by atoms with van der Waals surface area (Å²) in [6, 6.07) is 7.92. The molecule has 3 heterocycles. The minimum atomic E-state index is 0.00946. The van der Waals surface area contributed by atoms with E-state index in [1.54, 1.807) is 6.08 Å². The predicted molar refractivity (Wildman–Crippen MR) is 87.5 cm³/mol. The van der Waals surface area contributed by atoms with Crippen molar-refractivity contribution in [2.24, 2.45) is 5.92 Å². The second-order valence-electron chi connectivity index (χ2n) is 5.63. The molecule has 0 radical (unpaired) electrons. The Labute approximate surface area is 134 Å². The van der Waals surface area contributed by atoms with Crippen molar-refractivity contribution in [3.63, 3.8) is 0 Å². The van der Waals surface area contributed by atoms with Gasteiger partial charge in [0.25, 0.3) is 0 Å². The first-order valence-electron chi connectivity index (χ1n) is 7.32. The van der Waals surface area contributed by atoms with Gasteiger partial charge in [-0.05, 0) is 61.5 Å². The molecule has 1 N–H and O–H groups in total. The highest BCUT2D eigenvalue weighted by Crippen LogP contribution is 2.27. The number of nitrogens with one attached hydrogen (secondary N) is 1. The summed E-state index contributed by atoms with van der Waals surface area (Å²) in [6.07, 6.45) is 4.05. The number of fused-ring (bicyclic) bond motifs is 3. The van der Waals surface area contributed by atoms with Crippen molar-refractivity contribution < 1.29 is 4.79 Å². The Morgan fingerprint density at radius 1 is 1.29 bits per heavy atom. The number of halogens is 1. The lowest BCUT2D eigenvalue weighted by molar-refractivity contribution is -0.118. The third kappa shape index (κ3) is 4.02. The molecule has 3 fully saturated rings. The molecule has 1 aromatic carbocycles. The Morgan fingerprint density at radius 2 is 2.00 bits per heavy atom. The fourth-order valence-electron chi connectivity index (χ4n) is 3.05. The van der Waals surface area contributed by atoms with Crippen molar-refractivity contribution >= 4 is 29.3 Å². The molecule has 5 heteroatoms. The SMILES string of the molecule is O=C(/C=C\Sc1ccc(Cl)cc1)NC1CN2CCC1CC2. The molecule has 1 aromatic rings. The van der Waals surface area contributed by atoms with Crippen LogP contribution in [-0.2, 0) is 4.79 Å². The Balaban J connectivity index is 1.47. The highest BCUT2D eigenvalue weighted by atomic mass is 35.5. The second kappa shape index (κ2) is 6.86. The van der Waals surface area contributed by atoms with Gasteiger partial charge in [-0.15, -0.1) is 0 Å². The molecule has 1 atom stereocenters. The maximum absolute atomic E-state index is 12.0. The Hall–Kier alpha value is -0.970. The molecule has 1 amide bonds. The van der Waals surface area contributed by atoms with Gasteiger partial charge < -0.3 is 10.2 Å². The Kier molecular flexibility index (Phi) is 4.88. The highest BCUT2D eigenvalue weighted by Gasteiger charge is 2.34. The summed E-state index contributed by atoms with van der Waals surface area (Å²) in [5.41, 5.74) is 0. The van der Waals surface area contributed by atoms with Crippen LogP contribution in [0.15, 0.2) is 40.6 Å². The maximum Gasteiger partial charge on any atom is 0.244 e. The minimum absolute atomic E-state index is 0.00946. The molecule has 0 spiro atoms. The standard InChI is InChI=1S/C16H19ClN2OS/c17-13-1-3-14(4-2-13)21-10-7-16(20)18-15-11-19-8-5-12(15)6-9-19/h1-4,7,10,12,15H,5-6,8-9,11H2,(H,18,20)/b10-7-. The Morgan fingerprint density at radius 3 is 2.62 bits per heavy atom. The van der Waals surface area contributed by atoms with Gasteiger partial charge in [-0.1, -0.05) is 23.4 Å². The zero-order valence-electron chi connectivity index (χ0n) is 11.8. The van der Waals surface area contributed by atoms with Crippen molar-refractivity contribution in [1.29, 1.82) is 0 Å². The van der Waals surface area contributed by atoms with Gasteiger partial charge in [-0.2, -0.15) is 0 Å². The van der Waals surface area contributed by atoms with Gasteiger partial charge in [-0.25, -0.2) is 0 Å². The van der Waals surface area contributed by atoms with Crippen molar-refractivity contribution in [2.45, 2.75) is 23.8 Å². The van der Waals surface area contributed by atoms with E-state index in [0.29, 0.717) is 12.0 Å². The third-order valence-electron chi connectivity index (χ3n) is 4.22. The van der Waals surface area contributed by atoms with Crippen LogP contribution in [-0.4, -0.2) is 36.5 Å².